The Kier molecular flexibility index (Phi) is 4.52. The molecule has 2 rings (SSSR count). The standard InChI is InChI=1S/C15H21FN4/c1-4-14-13(9-20(3)19-14)15(18-17)8-11-5-6-12(16)7-10(11)2/h5-7,9,15,18H,4,8,17H2,1-3H3. The van der Waals surface area contributed by atoms with Gasteiger partial charge in [-0.3, -0.25) is 16.0 Å². The van der Waals surface area contributed by atoms with Crippen molar-refractivity contribution in [3.63, 3.8) is 0 Å². The largest absolute Gasteiger partial charge is 0.275 e. The van der Waals surface area contributed by atoms with Gasteiger partial charge in [0, 0.05) is 18.8 Å². The maximum Gasteiger partial charge on any atom is 0.123 e. The molecule has 0 radical (unpaired) electrons. The Labute approximate surface area is 118 Å². The maximum atomic E-state index is 13.2. The molecule has 2 aromatic rings. The highest BCUT2D eigenvalue weighted by Crippen LogP contribution is 2.23. The van der Waals surface area contributed by atoms with Crippen LogP contribution in [-0.2, 0) is 19.9 Å². The molecule has 20 heavy (non-hydrogen) atoms. The van der Waals surface area contributed by atoms with E-state index in [9.17, 15) is 4.39 Å². The molecule has 5 heteroatoms. The first-order chi connectivity index (χ1) is 9.55. The Morgan fingerprint density at radius 3 is 2.80 bits per heavy atom. The number of hydrazine groups is 1. The number of nitrogens with one attached hydrogen (secondary N) is 1. The summed E-state index contributed by atoms with van der Waals surface area (Å²) in [5, 5.41) is 4.44. The Hall–Kier alpha value is -1.72. The van der Waals surface area contributed by atoms with E-state index in [0.29, 0.717) is 6.42 Å². The zero-order valence-corrected chi connectivity index (χ0v) is 12.2. The number of aromatic nitrogens is 2. The van der Waals surface area contributed by atoms with E-state index in [1.54, 1.807) is 10.7 Å². The van der Waals surface area contributed by atoms with Crippen molar-refractivity contribution in [3.8, 4) is 0 Å². The highest BCUT2D eigenvalue weighted by molar-refractivity contribution is 5.30. The van der Waals surface area contributed by atoms with Gasteiger partial charge in [0.25, 0.3) is 0 Å². The van der Waals surface area contributed by atoms with Gasteiger partial charge in [0.1, 0.15) is 5.82 Å². The van der Waals surface area contributed by atoms with Crippen molar-refractivity contribution in [1.29, 1.82) is 0 Å². The highest BCUT2D eigenvalue weighted by Gasteiger charge is 2.18. The number of halogens is 1. The van der Waals surface area contributed by atoms with E-state index in [1.165, 1.54) is 6.07 Å². The van der Waals surface area contributed by atoms with Crippen LogP contribution in [0.5, 0.6) is 0 Å². The summed E-state index contributed by atoms with van der Waals surface area (Å²) in [5.74, 6) is 5.50. The van der Waals surface area contributed by atoms with Crippen LogP contribution in [0.15, 0.2) is 24.4 Å². The summed E-state index contributed by atoms with van der Waals surface area (Å²) in [7, 11) is 1.90. The van der Waals surface area contributed by atoms with Gasteiger partial charge in [-0.15, -0.1) is 0 Å². The van der Waals surface area contributed by atoms with Gasteiger partial charge >= 0.3 is 0 Å². The van der Waals surface area contributed by atoms with Gasteiger partial charge < -0.3 is 0 Å². The Morgan fingerprint density at radius 2 is 2.20 bits per heavy atom. The summed E-state index contributed by atoms with van der Waals surface area (Å²) in [6, 6.07) is 4.83. The number of aryl methyl sites for hydroxylation is 3. The summed E-state index contributed by atoms with van der Waals surface area (Å²) in [4.78, 5) is 0. The predicted octanol–water partition coefficient (Wildman–Crippen LogP) is 2.18. The molecule has 0 fully saturated rings. The van der Waals surface area contributed by atoms with Gasteiger partial charge in [-0.2, -0.15) is 5.10 Å². The normalized spacial score (nSPS) is 12.7. The lowest BCUT2D eigenvalue weighted by Crippen LogP contribution is -2.30. The summed E-state index contributed by atoms with van der Waals surface area (Å²) in [6.45, 7) is 3.98. The van der Waals surface area contributed by atoms with E-state index in [-0.39, 0.29) is 11.9 Å². The van der Waals surface area contributed by atoms with Gasteiger partial charge in [-0.05, 0) is 43.0 Å². The lowest BCUT2D eigenvalue weighted by molar-refractivity contribution is 0.545. The van der Waals surface area contributed by atoms with E-state index in [0.717, 1.165) is 28.8 Å². The molecule has 108 valence electrons. The fraction of sp³-hybridized carbons (Fsp3) is 0.400. The Morgan fingerprint density at radius 1 is 1.45 bits per heavy atom. The molecular weight excluding hydrogens is 255 g/mol. The summed E-state index contributed by atoms with van der Waals surface area (Å²) in [6.07, 6.45) is 3.56. The SMILES string of the molecule is CCc1nn(C)cc1C(Cc1ccc(F)cc1C)NN. The lowest BCUT2D eigenvalue weighted by atomic mass is 9.96. The molecule has 0 aliphatic heterocycles. The molecule has 1 atom stereocenters. The zero-order valence-electron chi connectivity index (χ0n) is 12.2. The Bertz CT molecular complexity index is 592. The van der Waals surface area contributed by atoms with E-state index in [1.807, 2.05) is 26.2 Å². The first kappa shape index (κ1) is 14.7. The van der Waals surface area contributed by atoms with Crippen LogP contribution in [0.3, 0.4) is 0 Å². The second kappa shape index (κ2) is 6.15. The van der Waals surface area contributed by atoms with Gasteiger partial charge in [0.05, 0.1) is 11.7 Å². The van der Waals surface area contributed by atoms with E-state index < -0.39 is 0 Å². The molecule has 1 aromatic carbocycles. The molecule has 0 aliphatic rings. The maximum absolute atomic E-state index is 13.2. The fourth-order valence-electron chi connectivity index (χ4n) is 2.49. The van der Waals surface area contributed by atoms with Gasteiger partial charge in [-0.1, -0.05) is 13.0 Å². The molecule has 0 spiro atoms. The average Bonchev–Trinajstić information content (AvgIpc) is 2.79. The number of nitrogens with two attached hydrogens (primary N) is 1. The molecule has 1 aromatic heterocycles. The molecule has 1 unspecified atom stereocenters. The van der Waals surface area contributed by atoms with Crippen molar-refractivity contribution < 1.29 is 4.39 Å². The third kappa shape index (κ3) is 3.05. The van der Waals surface area contributed by atoms with Gasteiger partial charge in [-0.25, -0.2) is 4.39 Å². The summed E-state index contributed by atoms with van der Waals surface area (Å²) < 4.78 is 15.0. The van der Waals surface area contributed by atoms with Crippen molar-refractivity contribution in [2.24, 2.45) is 12.9 Å². The molecule has 1 heterocycles. The topological polar surface area (TPSA) is 55.9 Å². The van der Waals surface area contributed by atoms with Crippen molar-refractivity contribution in [2.75, 3.05) is 0 Å². The van der Waals surface area contributed by atoms with Crippen molar-refractivity contribution in [3.05, 3.63) is 52.6 Å². The number of rotatable bonds is 5. The van der Waals surface area contributed by atoms with Crippen LogP contribution in [0, 0.1) is 12.7 Å². The van der Waals surface area contributed by atoms with E-state index in [4.69, 9.17) is 5.84 Å². The molecule has 3 N–H and O–H groups in total. The van der Waals surface area contributed by atoms with Crippen LogP contribution >= 0.6 is 0 Å². The molecule has 0 amide bonds. The monoisotopic (exact) mass is 276 g/mol. The van der Waals surface area contributed by atoms with Gasteiger partial charge in [0.2, 0.25) is 0 Å². The predicted molar refractivity (Wildman–Crippen MR) is 77.5 cm³/mol. The number of hydrogen-bond acceptors (Lipinski definition) is 3. The third-order valence-electron chi connectivity index (χ3n) is 3.58. The summed E-state index contributed by atoms with van der Waals surface area (Å²) in [5.41, 5.74) is 7.01. The van der Waals surface area contributed by atoms with Crippen LogP contribution in [0.25, 0.3) is 0 Å². The number of benzene rings is 1. The lowest BCUT2D eigenvalue weighted by Gasteiger charge is -2.17. The van der Waals surface area contributed by atoms with Crippen molar-refractivity contribution in [1.82, 2.24) is 15.2 Å². The molecule has 0 saturated heterocycles. The molecule has 0 saturated carbocycles. The van der Waals surface area contributed by atoms with Gasteiger partial charge in [0.15, 0.2) is 0 Å². The number of nitrogens with zero attached hydrogens (tertiary/aromatic N) is 2. The first-order valence-corrected chi connectivity index (χ1v) is 6.78. The fourth-order valence-corrected chi connectivity index (χ4v) is 2.49. The molecule has 4 nitrogen and oxygen atoms in total. The minimum absolute atomic E-state index is 0.0252. The number of hydrogen-bond donors (Lipinski definition) is 2. The Balaban J connectivity index is 2.28. The summed E-state index contributed by atoms with van der Waals surface area (Å²) >= 11 is 0. The van der Waals surface area contributed by atoms with Crippen LogP contribution in [0.2, 0.25) is 0 Å². The quantitative estimate of drug-likeness (QED) is 0.650. The minimum atomic E-state index is -0.209. The molecule has 0 bridgehead atoms. The average molecular weight is 276 g/mol. The van der Waals surface area contributed by atoms with E-state index >= 15 is 0 Å². The first-order valence-electron chi connectivity index (χ1n) is 6.78. The van der Waals surface area contributed by atoms with Crippen molar-refractivity contribution >= 4 is 0 Å². The second-order valence-electron chi connectivity index (χ2n) is 5.05. The smallest absolute Gasteiger partial charge is 0.123 e. The zero-order chi connectivity index (χ0) is 14.7. The van der Waals surface area contributed by atoms with Crippen molar-refractivity contribution in [2.45, 2.75) is 32.7 Å². The molecule has 0 aliphatic carbocycles. The molecular formula is C15H21FN4. The van der Waals surface area contributed by atoms with Crippen LogP contribution in [0.4, 0.5) is 4.39 Å². The van der Waals surface area contributed by atoms with E-state index in [2.05, 4.69) is 17.4 Å². The van der Waals surface area contributed by atoms with Crippen LogP contribution in [-0.4, -0.2) is 9.78 Å². The second-order valence-corrected chi connectivity index (χ2v) is 5.05. The minimum Gasteiger partial charge on any atom is -0.275 e. The highest BCUT2D eigenvalue weighted by atomic mass is 19.1. The van der Waals surface area contributed by atoms with Crippen LogP contribution in [0.1, 0.15) is 35.3 Å². The third-order valence-corrected chi connectivity index (χ3v) is 3.58. The van der Waals surface area contributed by atoms with Crippen LogP contribution < -0.4 is 11.3 Å².